The summed E-state index contributed by atoms with van der Waals surface area (Å²) < 4.78 is 35.7. The Morgan fingerprint density at radius 2 is 1.69 bits per heavy atom. The number of unbranched alkanes of at least 4 members (excludes halogenated alkanes) is 1. The quantitative estimate of drug-likeness (QED) is 0.296. The predicted octanol–water partition coefficient (Wildman–Crippen LogP) is 5.32. The molecule has 0 radical (unpaired) electrons. The van der Waals surface area contributed by atoms with Crippen molar-refractivity contribution >= 4 is 8.80 Å². The first-order chi connectivity index (χ1) is 14.0. The first-order valence-corrected chi connectivity index (χ1v) is 12.9. The summed E-state index contributed by atoms with van der Waals surface area (Å²) in [5.41, 5.74) is 1.03. The van der Waals surface area contributed by atoms with Crippen LogP contribution in [-0.2, 0) is 24.6 Å². The standard InChI is InChI=1S/C22H38O6Si/c1-6-10-14-22(5)24-18-19-17-20(12-13-21(19)28-22)23-15-11-16-29(25-7-2,26-8-3)27-9-4/h12-13,17H,6-11,14-16,18H2,1-5H3. The molecule has 0 saturated carbocycles. The van der Waals surface area contributed by atoms with Crippen LogP contribution in [0.1, 0.15) is 65.9 Å². The van der Waals surface area contributed by atoms with Gasteiger partial charge in [0.05, 0.1) is 13.2 Å². The van der Waals surface area contributed by atoms with Gasteiger partial charge < -0.3 is 27.5 Å². The molecule has 7 heteroatoms. The number of hydrogen-bond donors (Lipinski definition) is 0. The Balaban J connectivity index is 1.87. The lowest BCUT2D eigenvalue weighted by Crippen LogP contribution is -2.46. The minimum atomic E-state index is -2.60. The van der Waals surface area contributed by atoms with Crippen molar-refractivity contribution in [1.29, 1.82) is 0 Å². The lowest BCUT2D eigenvalue weighted by atomic mass is 10.1. The Labute approximate surface area is 177 Å². The van der Waals surface area contributed by atoms with Gasteiger partial charge in [-0.05, 0) is 51.8 Å². The minimum Gasteiger partial charge on any atom is -0.494 e. The number of rotatable bonds is 14. The van der Waals surface area contributed by atoms with Crippen molar-refractivity contribution < 1.29 is 27.5 Å². The number of ether oxygens (including phenoxy) is 3. The molecule has 0 spiro atoms. The number of hydrogen-bond acceptors (Lipinski definition) is 6. The van der Waals surface area contributed by atoms with E-state index in [-0.39, 0.29) is 0 Å². The molecule has 1 aromatic rings. The predicted molar refractivity (Wildman–Crippen MR) is 115 cm³/mol. The van der Waals surface area contributed by atoms with Gasteiger partial charge in [0, 0.05) is 44.8 Å². The molecular weight excluding hydrogens is 388 g/mol. The molecule has 0 N–H and O–H groups in total. The van der Waals surface area contributed by atoms with Crippen LogP contribution in [0.15, 0.2) is 18.2 Å². The maximum absolute atomic E-state index is 6.11. The van der Waals surface area contributed by atoms with E-state index in [1.165, 1.54) is 0 Å². The Bertz CT molecular complexity index is 594. The van der Waals surface area contributed by atoms with Crippen molar-refractivity contribution in [3.8, 4) is 11.5 Å². The lowest BCUT2D eigenvalue weighted by molar-refractivity contribution is -0.198. The molecule has 29 heavy (non-hydrogen) atoms. The molecule has 1 aromatic carbocycles. The van der Waals surface area contributed by atoms with Crippen molar-refractivity contribution in [3.05, 3.63) is 23.8 Å². The number of fused-ring (bicyclic) bond motifs is 1. The van der Waals surface area contributed by atoms with Gasteiger partial charge in [-0.1, -0.05) is 13.3 Å². The van der Waals surface area contributed by atoms with Crippen LogP contribution in [0.4, 0.5) is 0 Å². The average molecular weight is 427 g/mol. The van der Waals surface area contributed by atoms with E-state index < -0.39 is 14.6 Å². The highest BCUT2D eigenvalue weighted by Crippen LogP contribution is 2.36. The molecular formula is C22H38O6Si. The third-order valence-corrected chi connectivity index (χ3v) is 8.02. The minimum absolute atomic E-state index is 0.531. The highest BCUT2D eigenvalue weighted by molar-refractivity contribution is 6.60. The van der Waals surface area contributed by atoms with E-state index in [9.17, 15) is 0 Å². The molecule has 0 bridgehead atoms. The fourth-order valence-corrected chi connectivity index (χ4v) is 6.03. The second kappa shape index (κ2) is 11.9. The van der Waals surface area contributed by atoms with Crippen LogP contribution in [-0.4, -0.2) is 41.0 Å². The van der Waals surface area contributed by atoms with Crippen molar-refractivity contribution in [2.24, 2.45) is 0 Å². The van der Waals surface area contributed by atoms with Crippen molar-refractivity contribution in [1.82, 2.24) is 0 Å². The van der Waals surface area contributed by atoms with Crippen molar-refractivity contribution in [2.75, 3.05) is 26.4 Å². The second-order valence-corrected chi connectivity index (χ2v) is 10.1. The SMILES string of the molecule is CCCCC1(C)OCc2cc(OCCC[Si](OCC)(OCC)OCC)ccc2O1. The molecule has 1 atom stereocenters. The van der Waals surface area contributed by atoms with Crippen LogP contribution in [0.2, 0.25) is 6.04 Å². The maximum Gasteiger partial charge on any atom is 0.501 e. The van der Waals surface area contributed by atoms with E-state index in [2.05, 4.69) is 6.92 Å². The zero-order chi connectivity index (χ0) is 21.2. The fourth-order valence-electron chi connectivity index (χ4n) is 3.45. The highest BCUT2D eigenvalue weighted by atomic mass is 28.4. The van der Waals surface area contributed by atoms with Crippen LogP contribution >= 0.6 is 0 Å². The topological polar surface area (TPSA) is 55.4 Å². The summed E-state index contributed by atoms with van der Waals surface area (Å²) in [4.78, 5) is 0. The smallest absolute Gasteiger partial charge is 0.494 e. The third kappa shape index (κ3) is 7.26. The van der Waals surface area contributed by atoms with E-state index in [4.69, 9.17) is 27.5 Å². The molecule has 0 saturated heterocycles. The van der Waals surface area contributed by atoms with Crippen LogP contribution < -0.4 is 9.47 Å². The average Bonchev–Trinajstić information content (AvgIpc) is 2.70. The summed E-state index contributed by atoms with van der Waals surface area (Å²) >= 11 is 0. The van der Waals surface area contributed by atoms with Gasteiger partial charge in [-0.2, -0.15) is 0 Å². The van der Waals surface area contributed by atoms with E-state index >= 15 is 0 Å². The zero-order valence-electron chi connectivity index (χ0n) is 18.8. The maximum atomic E-state index is 6.11. The largest absolute Gasteiger partial charge is 0.501 e. The molecule has 1 heterocycles. The molecule has 0 amide bonds. The van der Waals surface area contributed by atoms with Crippen molar-refractivity contribution in [3.63, 3.8) is 0 Å². The van der Waals surface area contributed by atoms with Gasteiger partial charge in [0.15, 0.2) is 0 Å². The highest BCUT2D eigenvalue weighted by Gasteiger charge is 2.39. The Morgan fingerprint density at radius 3 is 2.31 bits per heavy atom. The molecule has 0 aliphatic carbocycles. The number of benzene rings is 1. The molecule has 2 rings (SSSR count). The summed E-state index contributed by atoms with van der Waals surface area (Å²) in [6.07, 6.45) is 3.92. The summed E-state index contributed by atoms with van der Waals surface area (Å²) in [5, 5.41) is 0. The van der Waals surface area contributed by atoms with Gasteiger partial charge in [0.25, 0.3) is 0 Å². The lowest BCUT2D eigenvalue weighted by Gasteiger charge is -2.35. The zero-order valence-corrected chi connectivity index (χ0v) is 19.8. The van der Waals surface area contributed by atoms with Gasteiger partial charge in [0.1, 0.15) is 11.5 Å². The first kappa shape index (κ1) is 24.1. The normalized spacial score (nSPS) is 18.9. The third-order valence-electron chi connectivity index (χ3n) is 4.86. The summed E-state index contributed by atoms with van der Waals surface area (Å²) in [6.45, 7) is 13.0. The van der Waals surface area contributed by atoms with Crippen LogP contribution in [0, 0.1) is 0 Å². The fraction of sp³-hybridized carbons (Fsp3) is 0.727. The summed E-state index contributed by atoms with van der Waals surface area (Å²) in [7, 11) is -2.60. The van der Waals surface area contributed by atoms with Crippen LogP contribution in [0.5, 0.6) is 11.5 Å². The molecule has 0 aromatic heterocycles. The van der Waals surface area contributed by atoms with Crippen LogP contribution in [0.25, 0.3) is 0 Å². The summed E-state index contributed by atoms with van der Waals surface area (Å²) in [5.74, 6) is 1.18. The van der Waals surface area contributed by atoms with E-state index in [1.807, 2.05) is 45.9 Å². The van der Waals surface area contributed by atoms with Gasteiger partial charge in [0.2, 0.25) is 5.79 Å². The van der Waals surface area contributed by atoms with Crippen LogP contribution in [0.3, 0.4) is 0 Å². The summed E-state index contributed by atoms with van der Waals surface area (Å²) in [6, 6.07) is 6.70. The van der Waals surface area contributed by atoms with Gasteiger partial charge in [-0.25, -0.2) is 0 Å². The van der Waals surface area contributed by atoms with Gasteiger partial charge in [-0.15, -0.1) is 0 Å². The molecule has 6 nitrogen and oxygen atoms in total. The van der Waals surface area contributed by atoms with E-state index in [0.717, 1.165) is 48.8 Å². The second-order valence-electron chi connectivity index (χ2n) is 7.33. The molecule has 1 aliphatic heterocycles. The van der Waals surface area contributed by atoms with E-state index in [0.29, 0.717) is 33.0 Å². The molecule has 0 fully saturated rings. The van der Waals surface area contributed by atoms with E-state index in [1.54, 1.807) is 0 Å². The monoisotopic (exact) mass is 426 g/mol. The molecule has 1 aliphatic rings. The Kier molecular flexibility index (Phi) is 9.92. The molecule has 1 unspecified atom stereocenters. The van der Waals surface area contributed by atoms with Gasteiger partial charge >= 0.3 is 8.80 Å². The van der Waals surface area contributed by atoms with Gasteiger partial charge in [-0.3, -0.25) is 0 Å². The Morgan fingerprint density at radius 1 is 1.00 bits per heavy atom. The first-order valence-electron chi connectivity index (χ1n) is 11.0. The van der Waals surface area contributed by atoms with Crippen molar-refractivity contribution in [2.45, 2.75) is 78.7 Å². The Hall–Kier alpha value is -1.12. The molecule has 166 valence electrons.